The molecular formula is C29H24FN3O6S2. The fourth-order valence-electron chi connectivity index (χ4n) is 4.23. The number of benzene rings is 2. The van der Waals surface area contributed by atoms with E-state index in [4.69, 9.17) is 13.9 Å². The summed E-state index contributed by atoms with van der Waals surface area (Å²) in [7, 11) is 0. The molecule has 0 spiro atoms. The number of aromatic nitrogens is 2. The molecular weight excluding hydrogens is 569 g/mol. The predicted molar refractivity (Wildman–Crippen MR) is 152 cm³/mol. The summed E-state index contributed by atoms with van der Waals surface area (Å²) in [6.07, 6.45) is 2.93. The average Bonchev–Trinajstić information content (AvgIpc) is 3.73. The third-order valence-electron chi connectivity index (χ3n) is 6.05. The number of furan rings is 1. The van der Waals surface area contributed by atoms with E-state index in [1.54, 1.807) is 42.5 Å². The summed E-state index contributed by atoms with van der Waals surface area (Å²) in [5.74, 6) is -1.45. The van der Waals surface area contributed by atoms with Gasteiger partial charge >= 0.3 is 0 Å². The first-order valence-corrected chi connectivity index (χ1v) is 14.3. The van der Waals surface area contributed by atoms with Crippen LogP contribution < -0.4 is 14.4 Å². The highest BCUT2D eigenvalue weighted by molar-refractivity contribution is 8.00. The van der Waals surface area contributed by atoms with Crippen LogP contribution in [0.1, 0.15) is 34.6 Å². The number of rotatable bonds is 12. The van der Waals surface area contributed by atoms with Gasteiger partial charge in [-0.1, -0.05) is 60.0 Å². The van der Waals surface area contributed by atoms with Crippen molar-refractivity contribution in [1.29, 1.82) is 0 Å². The Morgan fingerprint density at radius 3 is 2.76 bits per heavy atom. The van der Waals surface area contributed by atoms with Crippen LogP contribution in [0.5, 0.6) is 11.5 Å². The highest BCUT2D eigenvalue weighted by Gasteiger charge is 2.47. The Bertz CT molecular complexity index is 1620. The minimum Gasteiger partial charge on any atom is -0.503 e. The van der Waals surface area contributed by atoms with Crippen molar-refractivity contribution in [2.24, 2.45) is 0 Å². The van der Waals surface area contributed by atoms with Gasteiger partial charge in [0.15, 0.2) is 27.4 Å². The smallest absolute Gasteiger partial charge is 0.296 e. The lowest BCUT2D eigenvalue weighted by molar-refractivity contribution is -0.117. The normalized spacial score (nSPS) is 14.9. The molecule has 41 heavy (non-hydrogen) atoms. The first-order chi connectivity index (χ1) is 19.9. The maximum absolute atomic E-state index is 14.1. The molecule has 0 saturated carbocycles. The number of anilines is 1. The zero-order chi connectivity index (χ0) is 28.9. The number of hydrogen-bond acceptors (Lipinski definition) is 10. The lowest BCUT2D eigenvalue weighted by atomic mass is 9.95. The van der Waals surface area contributed by atoms with Gasteiger partial charge in [-0.05, 0) is 48.4 Å². The number of aliphatic hydroxyl groups excluding tert-OH is 1. The SMILES string of the molecule is C=CCOc1ccc(C2C(C(=O)c3ccco3)=C(O)C(=O)N2c2nnc(SCc3ccccc3F)s2)cc1OCC. The number of aliphatic hydroxyl groups is 1. The van der Waals surface area contributed by atoms with Crippen LogP contribution >= 0.6 is 23.1 Å². The van der Waals surface area contributed by atoms with E-state index in [0.717, 1.165) is 11.3 Å². The van der Waals surface area contributed by atoms with E-state index in [9.17, 15) is 19.1 Å². The number of ether oxygens (including phenoxy) is 2. The molecule has 2 aromatic heterocycles. The maximum atomic E-state index is 14.1. The van der Waals surface area contributed by atoms with Gasteiger partial charge < -0.3 is 19.0 Å². The Hall–Kier alpha value is -4.42. The number of halogens is 1. The second-order valence-electron chi connectivity index (χ2n) is 8.62. The molecule has 0 aliphatic carbocycles. The van der Waals surface area contributed by atoms with Crippen molar-refractivity contribution < 1.29 is 33.0 Å². The molecule has 1 aliphatic rings. The molecule has 0 bridgehead atoms. The summed E-state index contributed by atoms with van der Waals surface area (Å²) in [6.45, 7) is 6.05. The fourth-order valence-corrected chi connectivity index (χ4v) is 6.09. The monoisotopic (exact) mass is 593 g/mol. The first kappa shape index (κ1) is 28.1. The largest absolute Gasteiger partial charge is 0.503 e. The van der Waals surface area contributed by atoms with Gasteiger partial charge in [-0.2, -0.15) is 0 Å². The average molecular weight is 594 g/mol. The van der Waals surface area contributed by atoms with E-state index in [1.165, 1.54) is 41.1 Å². The molecule has 12 heteroatoms. The third-order valence-corrected chi connectivity index (χ3v) is 8.15. The van der Waals surface area contributed by atoms with Crippen LogP contribution in [0.2, 0.25) is 0 Å². The molecule has 9 nitrogen and oxygen atoms in total. The molecule has 1 aliphatic heterocycles. The summed E-state index contributed by atoms with van der Waals surface area (Å²) >= 11 is 2.34. The van der Waals surface area contributed by atoms with Crippen LogP contribution in [0.4, 0.5) is 9.52 Å². The molecule has 210 valence electrons. The molecule has 4 aromatic rings. The lowest BCUT2D eigenvalue weighted by Crippen LogP contribution is -2.31. The lowest BCUT2D eigenvalue weighted by Gasteiger charge is -2.24. The van der Waals surface area contributed by atoms with E-state index in [2.05, 4.69) is 16.8 Å². The van der Waals surface area contributed by atoms with Crippen LogP contribution in [0.25, 0.3) is 0 Å². The summed E-state index contributed by atoms with van der Waals surface area (Å²) in [6, 6.07) is 13.3. The zero-order valence-electron chi connectivity index (χ0n) is 21.8. The van der Waals surface area contributed by atoms with E-state index in [1.807, 2.05) is 6.92 Å². The highest BCUT2D eigenvalue weighted by atomic mass is 32.2. The van der Waals surface area contributed by atoms with Gasteiger partial charge in [0.05, 0.1) is 24.5 Å². The van der Waals surface area contributed by atoms with Crippen LogP contribution in [-0.2, 0) is 10.5 Å². The molecule has 1 atom stereocenters. The molecule has 2 aromatic carbocycles. The standard InChI is InChI=1S/C29H24FN3O6S2/c1-3-13-38-20-12-11-17(15-22(20)37-4-2)24-23(25(34)21-10-7-14-39-21)26(35)27(36)33(24)28-31-32-29(41-28)40-16-18-8-5-6-9-19(18)30/h3,5-12,14-15,24,35H,1,4,13,16H2,2H3. The molecule has 0 fully saturated rings. The van der Waals surface area contributed by atoms with Crippen molar-refractivity contribution in [1.82, 2.24) is 10.2 Å². The van der Waals surface area contributed by atoms with Crippen molar-refractivity contribution in [3.05, 3.63) is 108 Å². The molecule has 1 N–H and O–H groups in total. The molecule has 1 unspecified atom stereocenters. The highest BCUT2D eigenvalue weighted by Crippen LogP contribution is 2.45. The van der Waals surface area contributed by atoms with Gasteiger partial charge in [0.2, 0.25) is 10.9 Å². The maximum Gasteiger partial charge on any atom is 0.296 e. The van der Waals surface area contributed by atoms with Crippen LogP contribution in [-0.4, -0.2) is 40.2 Å². The van der Waals surface area contributed by atoms with Crippen molar-refractivity contribution in [3.8, 4) is 11.5 Å². The number of amides is 1. The Morgan fingerprint density at radius 2 is 2.02 bits per heavy atom. The fraction of sp³-hybridized carbons (Fsp3) is 0.172. The second-order valence-corrected chi connectivity index (χ2v) is 10.8. The Kier molecular flexibility index (Phi) is 8.50. The number of hydrogen-bond donors (Lipinski definition) is 1. The number of ketones is 1. The van der Waals surface area contributed by atoms with Crippen molar-refractivity contribution in [3.63, 3.8) is 0 Å². The molecule has 0 saturated heterocycles. The quantitative estimate of drug-likeness (QED) is 0.0873. The van der Waals surface area contributed by atoms with Gasteiger partial charge in [-0.3, -0.25) is 14.5 Å². The number of carbonyl (C=O) groups excluding carboxylic acids is 2. The van der Waals surface area contributed by atoms with Gasteiger partial charge in [-0.15, -0.1) is 10.2 Å². The Balaban J connectivity index is 1.53. The third kappa shape index (κ3) is 5.74. The van der Waals surface area contributed by atoms with Gasteiger partial charge in [0.1, 0.15) is 12.4 Å². The summed E-state index contributed by atoms with van der Waals surface area (Å²) in [5, 5.41) is 19.5. The Morgan fingerprint density at radius 1 is 1.20 bits per heavy atom. The van der Waals surface area contributed by atoms with Crippen molar-refractivity contribution in [2.75, 3.05) is 18.1 Å². The van der Waals surface area contributed by atoms with Crippen molar-refractivity contribution >= 4 is 39.9 Å². The van der Waals surface area contributed by atoms with E-state index in [0.29, 0.717) is 39.3 Å². The first-order valence-electron chi connectivity index (χ1n) is 12.5. The van der Waals surface area contributed by atoms with Crippen LogP contribution in [0.3, 0.4) is 0 Å². The molecule has 3 heterocycles. The van der Waals surface area contributed by atoms with E-state index in [-0.39, 0.29) is 28.9 Å². The molecule has 5 rings (SSSR count). The van der Waals surface area contributed by atoms with E-state index >= 15 is 0 Å². The number of carbonyl (C=O) groups is 2. The van der Waals surface area contributed by atoms with Crippen molar-refractivity contribution in [2.45, 2.75) is 23.1 Å². The number of nitrogens with zero attached hydrogens (tertiary/aromatic N) is 3. The minimum atomic E-state index is -1.08. The van der Waals surface area contributed by atoms with Crippen LogP contribution in [0.15, 0.2) is 93.6 Å². The molecule has 0 radical (unpaired) electrons. The Labute approximate surface area is 242 Å². The van der Waals surface area contributed by atoms with Gasteiger partial charge in [-0.25, -0.2) is 4.39 Å². The minimum absolute atomic E-state index is 0.0411. The topological polar surface area (TPSA) is 115 Å². The van der Waals surface area contributed by atoms with Crippen LogP contribution in [0, 0.1) is 5.82 Å². The number of thioether (sulfide) groups is 1. The number of Topliss-reactive ketones (excluding diaryl/α,β-unsaturated/α-hetero) is 1. The van der Waals surface area contributed by atoms with Gasteiger partial charge in [0.25, 0.3) is 5.91 Å². The predicted octanol–water partition coefficient (Wildman–Crippen LogP) is 6.31. The second kappa shape index (κ2) is 12.4. The zero-order valence-corrected chi connectivity index (χ0v) is 23.4. The molecule has 1 amide bonds. The van der Waals surface area contributed by atoms with E-state index < -0.39 is 23.5 Å². The summed E-state index contributed by atoms with van der Waals surface area (Å²) in [5.41, 5.74) is 0.780. The van der Waals surface area contributed by atoms with Gasteiger partial charge in [0, 0.05) is 5.75 Å². The summed E-state index contributed by atoms with van der Waals surface area (Å²) < 4.78 is 31.4. The summed E-state index contributed by atoms with van der Waals surface area (Å²) in [4.78, 5) is 28.2.